The average Bonchev–Trinajstić information content (AvgIpc) is 2.77. The van der Waals surface area contributed by atoms with Gasteiger partial charge in [0.2, 0.25) is 0 Å². The maximum absolute atomic E-state index is 12.1. The van der Waals surface area contributed by atoms with Crippen molar-refractivity contribution in [2.24, 2.45) is 0 Å². The van der Waals surface area contributed by atoms with Crippen LogP contribution >= 0.6 is 0 Å². The van der Waals surface area contributed by atoms with Crippen molar-refractivity contribution in [1.29, 1.82) is 0 Å². The molecule has 2 aromatic rings. The first-order valence-electron chi connectivity index (χ1n) is 9.59. The van der Waals surface area contributed by atoms with Crippen molar-refractivity contribution in [2.75, 3.05) is 12.9 Å². The lowest BCUT2D eigenvalue weighted by Gasteiger charge is -2.23. The molecular formula is C21H25NO9S. The summed E-state index contributed by atoms with van der Waals surface area (Å²) >= 11 is 0. The molecule has 0 saturated carbocycles. The summed E-state index contributed by atoms with van der Waals surface area (Å²) in [5.41, 5.74) is 1.50. The Hall–Kier alpha value is -2.99. The van der Waals surface area contributed by atoms with Gasteiger partial charge in [-0.05, 0) is 29.7 Å². The maximum atomic E-state index is 12.1. The van der Waals surface area contributed by atoms with E-state index in [1.807, 2.05) is 30.3 Å². The van der Waals surface area contributed by atoms with Crippen molar-refractivity contribution in [2.45, 2.75) is 31.8 Å². The molecule has 174 valence electrons. The number of esters is 1. The van der Waals surface area contributed by atoms with Crippen LogP contribution < -0.4 is 10.1 Å². The van der Waals surface area contributed by atoms with Crippen LogP contribution in [0.4, 0.5) is 4.79 Å². The predicted molar refractivity (Wildman–Crippen MR) is 113 cm³/mol. The zero-order chi connectivity index (χ0) is 23.6. The molecule has 10 nitrogen and oxygen atoms in total. The molecule has 32 heavy (non-hydrogen) atoms. The summed E-state index contributed by atoms with van der Waals surface area (Å²) in [6.45, 7) is 0.0696. The molecule has 0 aliphatic heterocycles. The first-order chi connectivity index (χ1) is 15.2. The van der Waals surface area contributed by atoms with Crippen LogP contribution in [0.3, 0.4) is 0 Å². The van der Waals surface area contributed by atoms with Crippen LogP contribution in [0, 0.1) is 0 Å². The minimum absolute atomic E-state index is 0.0696. The highest BCUT2D eigenvalue weighted by Gasteiger charge is 2.22. The lowest BCUT2D eigenvalue weighted by Crippen LogP contribution is -2.45. The van der Waals surface area contributed by atoms with Crippen molar-refractivity contribution >= 4 is 22.2 Å². The highest BCUT2D eigenvalue weighted by atomic mass is 32.2. The van der Waals surface area contributed by atoms with Gasteiger partial charge in [-0.2, -0.15) is 8.42 Å². The molecule has 2 aromatic carbocycles. The fourth-order valence-corrected chi connectivity index (χ4v) is 3.07. The van der Waals surface area contributed by atoms with Gasteiger partial charge in [-0.1, -0.05) is 42.5 Å². The summed E-state index contributed by atoms with van der Waals surface area (Å²) in [5, 5.41) is 12.6. The van der Waals surface area contributed by atoms with Crippen LogP contribution in [0.15, 0.2) is 54.6 Å². The molecule has 0 fully saturated rings. The molecule has 0 aromatic heterocycles. The number of hydrogen-bond acceptors (Lipinski definition) is 8. The smallest absolute Gasteiger partial charge is 0.407 e. The molecule has 2 unspecified atom stereocenters. The topological polar surface area (TPSA) is 148 Å². The van der Waals surface area contributed by atoms with E-state index in [2.05, 4.69) is 5.32 Å². The molecule has 0 radical (unpaired) electrons. The molecule has 2 atom stereocenters. The summed E-state index contributed by atoms with van der Waals surface area (Å²) in [7, 11) is -2.96. The Morgan fingerprint density at radius 2 is 1.69 bits per heavy atom. The number of carbonyl (C=O) groups is 2. The second-order valence-corrected chi connectivity index (χ2v) is 8.37. The van der Waals surface area contributed by atoms with Gasteiger partial charge in [0.05, 0.1) is 18.2 Å². The van der Waals surface area contributed by atoms with E-state index in [0.717, 1.165) is 5.56 Å². The molecule has 0 aliphatic rings. The fourth-order valence-electron chi connectivity index (χ4n) is 2.65. The first-order valence-corrected chi connectivity index (χ1v) is 11.2. The molecule has 0 aliphatic carbocycles. The second kappa shape index (κ2) is 12.2. The number of methoxy groups -OCH3 is 1. The Morgan fingerprint density at radius 1 is 1.03 bits per heavy atom. The van der Waals surface area contributed by atoms with Gasteiger partial charge < -0.3 is 24.6 Å². The van der Waals surface area contributed by atoms with Crippen molar-refractivity contribution in [3.8, 4) is 5.75 Å². The molecule has 0 heterocycles. The third kappa shape index (κ3) is 9.43. The van der Waals surface area contributed by atoms with E-state index in [1.54, 1.807) is 12.1 Å². The van der Waals surface area contributed by atoms with E-state index in [9.17, 15) is 23.1 Å². The Bertz CT molecular complexity index is 978. The van der Waals surface area contributed by atoms with Crippen LogP contribution in [0.2, 0.25) is 0 Å². The van der Waals surface area contributed by atoms with Gasteiger partial charge >= 0.3 is 12.1 Å². The minimum Gasteiger partial charge on any atom is -0.445 e. The largest absolute Gasteiger partial charge is 0.445 e. The van der Waals surface area contributed by atoms with Gasteiger partial charge in [0.15, 0.2) is 6.29 Å². The highest BCUT2D eigenvalue weighted by Crippen LogP contribution is 2.15. The number of nitrogens with one attached hydrogen (secondary N) is 1. The van der Waals surface area contributed by atoms with Crippen LogP contribution in [-0.4, -0.2) is 55.3 Å². The summed E-state index contributed by atoms with van der Waals surface area (Å²) < 4.78 is 45.1. The Kier molecular flexibility index (Phi) is 9.60. The van der Waals surface area contributed by atoms with E-state index < -0.39 is 46.7 Å². The van der Waals surface area contributed by atoms with E-state index in [4.69, 9.17) is 18.8 Å². The highest BCUT2D eigenvalue weighted by molar-refractivity contribution is 7.85. The van der Waals surface area contributed by atoms with Crippen molar-refractivity contribution in [1.82, 2.24) is 5.32 Å². The zero-order valence-electron chi connectivity index (χ0n) is 17.3. The molecule has 3 N–H and O–H groups in total. The summed E-state index contributed by atoms with van der Waals surface area (Å²) in [4.78, 5) is 23.8. The van der Waals surface area contributed by atoms with Crippen LogP contribution in [0.25, 0.3) is 0 Å². The normalized spacial score (nSPS) is 13.1. The van der Waals surface area contributed by atoms with E-state index >= 15 is 0 Å². The van der Waals surface area contributed by atoms with Gasteiger partial charge in [-0.25, -0.2) is 4.79 Å². The second-order valence-electron chi connectivity index (χ2n) is 6.80. The van der Waals surface area contributed by atoms with Gasteiger partial charge in [0.25, 0.3) is 10.1 Å². The van der Waals surface area contributed by atoms with Crippen molar-refractivity contribution in [3.05, 3.63) is 65.7 Å². The lowest BCUT2D eigenvalue weighted by molar-refractivity contribution is -0.133. The first kappa shape index (κ1) is 25.3. The zero-order valence-corrected chi connectivity index (χ0v) is 18.2. The van der Waals surface area contributed by atoms with Crippen LogP contribution in [0.5, 0.6) is 5.75 Å². The van der Waals surface area contributed by atoms with Crippen molar-refractivity contribution < 1.29 is 41.9 Å². The molecule has 11 heteroatoms. The van der Waals surface area contributed by atoms with E-state index in [1.165, 1.54) is 19.2 Å². The molecule has 2 rings (SSSR count). The number of benzene rings is 2. The molecule has 1 amide bonds. The number of rotatable bonds is 11. The Labute approximate surface area is 185 Å². The molecule has 0 bridgehead atoms. The fraction of sp³-hybridized carbons (Fsp3) is 0.333. The van der Waals surface area contributed by atoms with E-state index in [-0.39, 0.29) is 18.8 Å². The lowest BCUT2D eigenvalue weighted by atomic mass is 10.1. The van der Waals surface area contributed by atoms with E-state index in [0.29, 0.717) is 5.56 Å². The molecular weight excluding hydrogens is 442 g/mol. The summed E-state index contributed by atoms with van der Waals surface area (Å²) in [5.74, 6) is -1.37. The summed E-state index contributed by atoms with van der Waals surface area (Å²) in [6.07, 6.45) is -2.32. The predicted octanol–water partition coefficient (Wildman–Crippen LogP) is 1.67. The number of carbonyl (C=O) groups excluding carboxylic acids is 2. The van der Waals surface area contributed by atoms with Gasteiger partial charge in [-0.15, -0.1) is 0 Å². The molecule has 0 saturated heterocycles. The number of amides is 1. The van der Waals surface area contributed by atoms with Gasteiger partial charge in [0, 0.05) is 7.11 Å². The van der Waals surface area contributed by atoms with Gasteiger partial charge in [-0.3, -0.25) is 9.35 Å². The number of alkyl carbamates (subject to hydrolysis) is 1. The number of aliphatic hydroxyl groups is 1. The monoisotopic (exact) mass is 467 g/mol. The number of hydrogen-bond donors (Lipinski definition) is 3. The Morgan fingerprint density at radius 3 is 2.28 bits per heavy atom. The SMILES string of the molecule is COC(O)C(Cc1ccc(OC(=O)CCS(=O)(=O)O)cc1)NC(=O)OCc1ccccc1. The minimum atomic E-state index is -4.25. The summed E-state index contributed by atoms with van der Waals surface area (Å²) in [6, 6.07) is 14.5. The molecule has 0 spiro atoms. The number of aliphatic hydroxyl groups excluding tert-OH is 1. The standard InChI is InChI=1S/C21H25NO9S/c1-29-20(24)18(22-21(25)30-14-16-5-3-2-4-6-16)13-15-7-9-17(10-8-15)31-19(23)11-12-32(26,27)28/h2-10,18,20,24H,11-14H2,1H3,(H,22,25)(H,26,27,28). The third-order valence-corrected chi connectivity index (χ3v) is 5.00. The van der Waals surface area contributed by atoms with Gasteiger partial charge in [0.1, 0.15) is 12.4 Å². The van der Waals surface area contributed by atoms with Crippen LogP contribution in [-0.2, 0) is 37.4 Å². The number of ether oxygens (including phenoxy) is 3. The maximum Gasteiger partial charge on any atom is 0.407 e. The third-order valence-electron chi connectivity index (χ3n) is 4.28. The van der Waals surface area contributed by atoms with Crippen molar-refractivity contribution in [3.63, 3.8) is 0 Å². The van der Waals surface area contributed by atoms with Crippen LogP contribution in [0.1, 0.15) is 17.5 Å². The Balaban J connectivity index is 1.91. The quantitative estimate of drug-likeness (QED) is 0.194. The average molecular weight is 467 g/mol.